The fraction of sp³-hybridized carbons (Fsp3) is 0.667. The fourth-order valence-corrected chi connectivity index (χ4v) is 1.42. The number of hydrogen-bond donors (Lipinski definition) is 2. The molecule has 4 heteroatoms. The van der Waals surface area contributed by atoms with E-state index >= 15 is 0 Å². The summed E-state index contributed by atoms with van der Waals surface area (Å²) >= 11 is 0. The van der Waals surface area contributed by atoms with Crippen LogP contribution in [0.15, 0.2) is 6.07 Å². The van der Waals surface area contributed by atoms with Gasteiger partial charge >= 0.3 is 0 Å². The van der Waals surface area contributed by atoms with E-state index < -0.39 is 0 Å². The van der Waals surface area contributed by atoms with Gasteiger partial charge in [0.15, 0.2) is 0 Å². The maximum atomic E-state index is 4.57. The molecule has 88 valence electrons. The summed E-state index contributed by atoms with van der Waals surface area (Å²) in [5.41, 5.74) is -0.0210. The van der Waals surface area contributed by atoms with Gasteiger partial charge in [-0.15, -0.1) is 0 Å². The van der Waals surface area contributed by atoms with E-state index in [-0.39, 0.29) is 5.41 Å². The summed E-state index contributed by atoms with van der Waals surface area (Å²) in [5.74, 6) is 2.69. The van der Waals surface area contributed by atoms with Crippen LogP contribution in [-0.2, 0) is 5.41 Å². The minimum Gasteiger partial charge on any atom is -0.373 e. The van der Waals surface area contributed by atoms with Crippen molar-refractivity contribution in [3.05, 3.63) is 11.9 Å². The summed E-state index contributed by atoms with van der Waals surface area (Å²) < 4.78 is 0. The molecule has 0 amide bonds. The van der Waals surface area contributed by atoms with Crippen molar-refractivity contribution in [2.45, 2.75) is 45.1 Å². The largest absolute Gasteiger partial charge is 0.373 e. The molecule has 0 radical (unpaired) electrons. The van der Waals surface area contributed by atoms with Crippen LogP contribution in [-0.4, -0.2) is 23.1 Å². The van der Waals surface area contributed by atoms with Crippen LogP contribution in [0.4, 0.5) is 11.6 Å². The zero-order chi connectivity index (χ0) is 11.8. The maximum absolute atomic E-state index is 4.57. The van der Waals surface area contributed by atoms with Crippen LogP contribution in [0.2, 0.25) is 0 Å². The van der Waals surface area contributed by atoms with Crippen molar-refractivity contribution in [1.82, 2.24) is 9.97 Å². The van der Waals surface area contributed by atoms with Gasteiger partial charge in [-0.1, -0.05) is 20.8 Å². The average molecular weight is 220 g/mol. The van der Waals surface area contributed by atoms with Gasteiger partial charge in [0.25, 0.3) is 0 Å². The van der Waals surface area contributed by atoms with E-state index in [0.29, 0.717) is 6.04 Å². The van der Waals surface area contributed by atoms with Crippen molar-refractivity contribution < 1.29 is 0 Å². The van der Waals surface area contributed by atoms with Gasteiger partial charge in [0.05, 0.1) is 0 Å². The number of hydrogen-bond acceptors (Lipinski definition) is 4. The van der Waals surface area contributed by atoms with E-state index in [4.69, 9.17) is 0 Å². The highest BCUT2D eigenvalue weighted by molar-refractivity contribution is 5.48. The minimum atomic E-state index is -0.0210. The molecule has 1 heterocycles. The van der Waals surface area contributed by atoms with Crippen molar-refractivity contribution in [2.75, 3.05) is 17.7 Å². The van der Waals surface area contributed by atoms with E-state index in [9.17, 15) is 0 Å². The Morgan fingerprint density at radius 1 is 1.19 bits per heavy atom. The van der Waals surface area contributed by atoms with E-state index in [1.165, 1.54) is 12.8 Å². The molecule has 2 N–H and O–H groups in total. The second-order valence-electron chi connectivity index (χ2n) is 5.38. The molecule has 2 rings (SSSR count). The summed E-state index contributed by atoms with van der Waals surface area (Å²) in [6, 6.07) is 2.58. The van der Waals surface area contributed by atoms with Gasteiger partial charge in [-0.2, -0.15) is 0 Å². The Kier molecular flexibility index (Phi) is 2.74. The van der Waals surface area contributed by atoms with Crippen molar-refractivity contribution >= 4 is 11.6 Å². The molecule has 0 aliphatic heterocycles. The zero-order valence-electron chi connectivity index (χ0n) is 10.5. The van der Waals surface area contributed by atoms with Gasteiger partial charge < -0.3 is 10.6 Å². The smallest absolute Gasteiger partial charge is 0.138 e. The van der Waals surface area contributed by atoms with E-state index in [0.717, 1.165) is 17.5 Å². The standard InChI is InChI=1S/C12H20N4/c1-12(2,3)11-15-9(13-4)7-10(16-11)14-8-5-6-8/h7-8H,5-6H2,1-4H3,(H2,13,14,15,16). The van der Waals surface area contributed by atoms with Crippen LogP contribution in [0.3, 0.4) is 0 Å². The number of rotatable bonds is 3. The molecule has 0 spiro atoms. The molecule has 1 aromatic rings. The molecule has 1 aliphatic carbocycles. The highest BCUT2D eigenvalue weighted by Gasteiger charge is 2.23. The Morgan fingerprint density at radius 2 is 1.81 bits per heavy atom. The van der Waals surface area contributed by atoms with Gasteiger partial charge in [0.1, 0.15) is 17.5 Å². The van der Waals surface area contributed by atoms with Gasteiger partial charge in [0.2, 0.25) is 0 Å². The first-order valence-electron chi connectivity index (χ1n) is 5.83. The lowest BCUT2D eigenvalue weighted by molar-refractivity contribution is 0.546. The average Bonchev–Trinajstić information content (AvgIpc) is 3.00. The number of anilines is 2. The molecule has 0 unspecified atom stereocenters. The van der Waals surface area contributed by atoms with Gasteiger partial charge in [-0.25, -0.2) is 9.97 Å². The molecule has 0 aromatic carbocycles. The second kappa shape index (κ2) is 3.92. The first-order valence-corrected chi connectivity index (χ1v) is 5.83. The Hall–Kier alpha value is -1.32. The predicted octanol–water partition coefficient (Wildman–Crippen LogP) is 2.39. The first kappa shape index (κ1) is 11.2. The quantitative estimate of drug-likeness (QED) is 0.821. The normalized spacial score (nSPS) is 16.0. The zero-order valence-corrected chi connectivity index (χ0v) is 10.5. The van der Waals surface area contributed by atoms with Crippen molar-refractivity contribution in [3.63, 3.8) is 0 Å². The molecule has 0 atom stereocenters. The van der Waals surface area contributed by atoms with Crippen LogP contribution in [0.25, 0.3) is 0 Å². The second-order valence-corrected chi connectivity index (χ2v) is 5.38. The van der Waals surface area contributed by atoms with Gasteiger partial charge in [0, 0.05) is 24.6 Å². The first-order chi connectivity index (χ1) is 7.49. The van der Waals surface area contributed by atoms with E-state index in [1.54, 1.807) is 0 Å². The molecule has 4 nitrogen and oxygen atoms in total. The molecule has 1 aliphatic rings. The lowest BCUT2D eigenvalue weighted by Gasteiger charge is -2.18. The van der Waals surface area contributed by atoms with Crippen molar-refractivity contribution in [1.29, 1.82) is 0 Å². The summed E-state index contributed by atoms with van der Waals surface area (Å²) in [4.78, 5) is 9.06. The summed E-state index contributed by atoms with van der Waals surface area (Å²) in [7, 11) is 1.88. The monoisotopic (exact) mass is 220 g/mol. The lowest BCUT2D eigenvalue weighted by atomic mass is 9.96. The lowest BCUT2D eigenvalue weighted by Crippen LogP contribution is -2.18. The third kappa shape index (κ3) is 2.62. The minimum absolute atomic E-state index is 0.0210. The SMILES string of the molecule is CNc1cc(NC2CC2)nc(C(C)(C)C)n1. The Morgan fingerprint density at radius 3 is 2.31 bits per heavy atom. The third-order valence-electron chi connectivity index (χ3n) is 2.58. The molecule has 1 saturated carbocycles. The highest BCUT2D eigenvalue weighted by Crippen LogP contribution is 2.27. The van der Waals surface area contributed by atoms with Gasteiger partial charge in [-0.05, 0) is 12.8 Å². The molecule has 1 fully saturated rings. The number of aromatic nitrogens is 2. The van der Waals surface area contributed by atoms with Crippen LogP contribution in [0.5, 0.6) is 0 Å². The Labute approximate surface area is 96.9 Å². The van der Waals surface area contributed by atoms with E-state index in [2.05, 4.69) is 41.4 Å². The molecular weight excluding hydrogens is 200 g/mol. The fourth-order valence-electron chi connectivity index (χ4n) is 1.42. The maximum Gasteiger partial charge on any atom is 0.138 e. The van der Waals surface area contributed by atoms with Crippen LogP contribution in [0, 0.1) is 0 Å². The third-order valence-corrected chi connectivity index (χ3v) is 2.58. The Bertz CT molecular complexity index is 377. The topological polar surface area (TPSA) is 49.8 Å². The van der Waals surface area contributed by atoms with Gasteiger partial charge in [-0.3, -0.25) is 0 Å². The van der Waals surface area contributed by atoms with Crippen molar-refractivity contribution in [2.24, 2.45) is 0 Å². The molecule has 1 aromatic heterocycles. The molecule has 16 heavy (non-hydrogen) atoms. The van der Waals surface area contributed by atoms with Crippen molar-refractivity contribution in [3.8, 4) is 0 Å². The summed E-state index contributed by atoms with van der Waals surface area (Å²) in [6.07, 6.45) is 2.51. The molecule has 0 saturated heterocycles. The Balaban J connectivity index is 2.29. The molecule has 0 bridgehead atoms. The summed E-state index contributed by atoms with van der Waals surface area (Å²) in [6.45, 7) is 6.38. The predicted molar refractivity (Wildman–Crippen MR) is 66.9 cm³/mol. The van der Waals surface area contributed by atoms with Crippen LogP contribution in [0.1, 0.15) is 39.4 Å². The highest BCUT2D eigenvalue weighted by atomic mass is 15.1. The van der Waals surface area contributed by atoms with Crippen LogP contribution < -0.4 is 10.6 Å². The van der Waals surface area contributed by atoms with Crippen LogP contribution >= 0.6 is 0 Å². The molecular formula is C12H20N4. The van der Waals surface area contributed by atoms with E-state index in [1.807, 2.05) is 13.1 Å². The summed E-state index contributed by atoms with van der Waals surface area (Å²) in [5, 5.41) is 6.49. The number of nitrogens with one attached hydrogen (secondary N) is 2. The number of nitrogens with zero attached hydrogens (tertiary/aromatic N) is 2.